The maximum Gasteiger partial charge on any atom is 0.409 e. The minimum atomic E-state index is -0.221. The highest BCUT2D eigenvalue weighted by Crippen LogP contribution is 2.33. The number of aromatic nitrogens is 5. The molecule has 14 heterocycles. The number of fused-ring (bicyclic) bond motifs is 1. The first-order valence-electron chi connectivity index (χ1n) is 52.7. The highest BCUT2D eigenvalue weighted by molar-refractivity contribution is 5.79. The molecule has 14 rings (SSSR count). The number of methoxy groups -OCH3 is 2. The molecular formula is C104H187N19O13. The minimum absolute atomic E-state index is 0.0423. The van der Waals surface area contributed by atoms with Crippen LogP contribution in [0, 0.1) is 50.7 Å². The number of nitrogens with zero attached hydrogens (tertiary/aromatic N) is 19. The number of aliphatic hydroxyl groups is 1. The second-order valence-electron chi connectivity index (χ2n) is 47.6. The first-order chi connectivity index (χ1) is 64.3. The molecule has 0 bridgehead atoms. The first kappa shape index (κ1) is 113. The molecule has 12 aliphatic heterocycles. The summed E-state index contributed by atoms with van der Waals surface area (Å²) in [5.74, 6) is 4.28. The van der Waals surface area contributed by atoms with Gasteiger partial charge in [-0.3, -0.25) is 62.7 Å². The number of carbonyl (C=O) groups excluding carboxylic acids is 8. The number of morpholine rings is 1. The third kappa shape index (κ3) is 40.1. The van der Waals surface area contributed by atoms with Crippen molar-refractivity contribution >= 4 is 47.4 Å². The van der Waals surface area contributed by atoms with Gasteiger partial charge in [-0.2, -0.15) is 5.10 Å². The average molecular weight is 1910 g/mol. The molecule has 11 fully saturated rings. The summed E-state index contributed by atoms with van der Waals surface area (Å²) >= 11 is 0. The van der Waals surface area contributed by atoms with Gasteiger partial charge in [-0.15, -0.1) is 5.10 Å². The lowest BCUT2D eigenvalue weighted by atomic mass is 9.90. The molecule has 2 aromatic heterocycles. The largest absolute Gasteiger partial charge is 0.453 e. The molecule has 1 N–H and O–H groups in total. The molecule has 0 spiro atoms. The summed E-state index contributed by atoms with van der Waals surface area (Å²) in [4.78, 5) is 127. The van der Waals surface area contributed by atoms with Gasteiger partial charge in [0.25, 0.3) is 0 Å². The third-order valence-electron chi connectivity index (χ3n) is 29.0. The number of aliphatic hydroxyl groups excluding tert-OH is 1. The molecule has 0 radical (unpaired) electrons. The fourth-order valence-corrected chi connectivity index (χ4v) is 21.2. The molecule has 136 heavy (non-hydrogen) atoms. The van der Waals surface area contributed by atoms with Gasteiger partial charge in [0.2, 0.25) is 41.4 Å². The molecule has 32 nitrogen and oxygen atoms in total. The molecule has 776 valence electrons. The summed E-state index contributed by atoms with van der Waals surface area (Å²) in [6.45, 7) is 70.9. The van der Waals surface area contributed by atoms with Crippen molar-refractivity contribution in [1.29, 1.82) is 0 Å². The van der Waals surface area contributed by atoms with E-state index < -0.39 is 0 Å². The molecule has 0 saturated carbocycles. The molecule has 1 atom stereocenters. The van der Waals surface area contributed by atoms with Crippen LogP contribution in [0.4, 0.5) is 4.79 Å². The fourth-order valence-electron chi connectivity index (χ4n) is 21.2. The van der Waals surface area contributed by atoms with Crippen molar-refractivity contribution in [2.24, 2.45) is 50.7 Å². The topological polar surface area (TPSA) is 288 Å². The van der Waals surface area contributed by atoms with E-state index in [-0.39, 0.29) is 70.2 Å². The normalized spacial score (nSPS) is 22.1. The van der Waals surface area contributed by atoms with Gasteiger partial charge in [0.15, 0.2) is 0 Å². The van der Waals surface area contributed by atoms with Crippen LogP contribution in [0.5, 0.6) is 0 Å². The molecule has 11 saturated heterocycles. The number of likely N-dealkylation sites (tertiary alicyclic amines) is 6. The molecular weight excluding hydrogens is 1720 g/mol. The zero-order chi connectivity index (χ0) is 99.1. The fraction of sp³-hybridized carbons (Fsp3) is 0.875. The van der Waals surface area contributed by atoms with E-state index in [1.54, 1.807) is 18.9 Å². The number of ether oxygens (including phenoxy) is 4. The van der Waals surface area contributed by atoms with Crippen molar-refractivity contribution in [1.82, 2.24) is 93.4 Å². The molecule has 32 heteroatoms. The van der Waals surface area contributed by atoms with E-state index in [1.807, 2.05) is 30.7 Å². The lowest BCUT2D eigenvalue weighted by Crippen LogP contribution is -2.53. The minimum Gasteiger partial charge on any atom is -0.453 e. The van der Waals surface area contributed by atoms with Crippen molar-refractivity contribution in [3.63, 3.8) is 0 Å². The second kappa shape index (κ2) is 54.7. The maximum atomic E-state index is 12.3. The van der Waals surface area contributed by atoms with Gasteiger partial charge in [0, 0.05) is 293 Å². The molecule has 0 aromatic carbocycles. The molecule has 0 unspecified atom stereocenters. The lowest BCUT2D eigenvalue weighted by Gasteiger charge is -2.42. The van der Waals surface area contributed by atoms with Crippen LogP contribution in [0.15, 0.2) is 18.5 Å². The van der Waals surface area contributed by atoms with Crippen LogP contribution in [0.1, 0.15) is 264 Å². The van der Waals surface area contributed by atoms with E-state index in [4.69, 9.17) is 18.9 Å². The number of piperazine rings is 3. The first-order valence-corrected chi connectivity index (χ1v) is 52.7. The van der Waals surface area contributed by atoms with Crippen molar-refractivity contribution in [3.05, 3.63) is 29.8 Å². The smallest absolute Gasteiger partial charge is 0.409 e. The molecule has 0 aliphatic carbocycles. The summed E-state index contributed by atoms with van der Waals surface area (Å²) < 4.78 is 24.9. The standard InChI is InChI=1S/C19H35N3O3.C18H33N3O2.C17H30N4O.C17H28N4O.C17H31N3O3.C16H30N2O3/c1-19(2,3)13-17(23)21-7-5-16(6-8-21)14-20-9-11-22(12-10-20)18(24)15-25-4;1-15(22)20-11-9-19(10-12-20)14-16-5-7-21(8-6-16)17(23)13-18(2,3)4;1-17(2,3)12-14-13-21(19-18-14)16-4-8-20(9-5-16)15-6-10-22-11-7-15;1-17(2,3)12-16(22)19-8-5-14(6-9-19)20-10-11-21-15(13-20)4-7-18-21;1-14(2)12-16(21)19-6-4-15(5-7-19)13-18-8-10-20(11-9-18)17(22)23-3;1-16(2,3)10-15(20)17-6-4-13(5-7-17)18-8-9-21-14(11-18)12-19/h16H,5-15H2,1-4H3;16H,5-14H2,1-4H3;13,15-16H,4-12H2,1-3H3;4,7,14H,5-6,8-13H2,1-3H3;14-15H,4-13H2,1-3H3;13-14,19H,4-12H2,1-3H3/t;;;;;14-/m.....0/s1. The molecule has 12 aliphatic rings. The highest BCUT2D eigenvalue weighted by Gasteiger charge is 2.38. The summed E-state index contributed by atoms with van der Waals surface area (Å²) in [7, 11) is 3.00. The maximum absolute atomic E-state index is 12.3. The van der Waals surface area contributed by atoms with Crippen molar-refractivity contribution in [2.75, 3.05) is 244 Å². The summed E-state index contributed by atoms with van der Waals surface area (Å²) in [5, 5.41) is 22.3. The van der Waals surface area contributed by atoms with E-state index in [9.17, 15) is 43.5 Å². The number of hydrogen-bond acceptors (Lipinski definition) is 22. The van der Waals surface area contributed by atoms with Crippen LogP contribution in [0.3, 0.4) is 0 Å². The van der Waals surface area contributed by atoms with Crippen LogP contribution in [-0.4, -0.2) is 414 Å². The van der Waals surface area contributed by atoms with Crippen LogP contribution in [0.25, 0.3) is 0 Å². The van der Waals surface area contributed by atoms with Gasteiger partial charge in [0.05, 0.1) is 50.4 Å². The summed E-state index contributed by atoms with van der Waals surface area (Å²) in [6, 6.07) is 4.52. The quantitative estimate of drug-likeness (QED) is 0.129. The lowest BCUT2D eigenvalue weighted by molar-refractivity contribution is -0.137. The number of rotatable bonds is 20. The summed E-state index contributed by atoms with van der Waals surface area (Å²) in [6.07, 6.45) is 23.7. The van der Waals surface area contributed by atoms with Crippen LogP contribution < -0.4 is 0 Å². The highest BCUT2D eigenvalue weighted by atomic mass is 16.5. The predicted octanol–water partition coefficient (Wildman–Crippen LogP) is 10.8. The van der Waals surface area contributed by atoms with E-state index >= 15 is 0 Å². The Morgan fingerprint density at radius 1 is 0.419 bits per heavy atom. The Kier molecular flexibility index (Phi) is 45.5. The van der Waals surface area contributed by atoms with Gasteiger partial charge in [-0.25, -0.2) is 9.48 Å². The number of piperidine rings is 6. The van der Waals surface area contributed by atoms with Gasteiger partial charge in [0.1, 0.15) is 6.61 Å². The van der Waals surface area contributed by atoms with E-state index in [0.717, 1.165) is 292 Å². The van der Waals surface area contributed by atoms with Gasteiger partial charge in [-0.05, 0) is 153 Å². The van der Waals surface area contributed by atoms with Gasteiger partial charge in [-0.1, -0.05) is 123 Å². The summed E-state index contributed by atoms with van der Waals surface area (Å²) in [5.41, 5.74) is 2.99. The van der Waals surface area contributed by atoms with Crippen molar-refractivity contribution in [3.8, 4) is 0 Å². The number of amides is 8. The third-order valence-corrected chi connectivity index (χ3v) is 29.0. The monoisotopic (exact) mass is 1910 g/mol. The Morgan fingerprint density at radius 3 is 1.21 bits per heavy atom. The number of hydrogen-bond donors (Lipinski definition) is 1. The number of carbonyl (C=O) groups is 8. The average Bonchev–Trinajstić information content (AvgIpc) is 1.64. The van der Waals surface area contributed by atoms with E-state index in [2.05, 4.69) is 194 Å². The Morgan fingerprint density at radius 2 is 0.809 bits per heavy atom. The van der Waals surface area contributed by atoms with Gasteiger partial charge >= 0.3 is 6.09 Å². The Labute approximate surface area is 819 Å². The molecule has 2 aromatic rings. The van der Waals surface area contributed by atoms with Crippen LogP contribution >= 0.6 is 0 Å². The molecule has 8 amide bonds. The van der Waals surface area contributed by atoms with Crippen LogP contribution in [0.2, 0.25) is 0 Å². The van der Waals surface area contributed by atoms with Crippen molar-refractivity contribution < 1.29 is 62.4 Å². The van der Waals surface area contributed by atoms with E-state index in [1.165, 1.54) is 51.6 Å². The van der Waals surface area contributed by atoms with Gasteiger partial charge < -0.3 is 68.2 Å². The van der Waals surface area contributed by atoms with Crippen molar-refractivity contribution in [2.45, 2.75) is 296 Å². The zero-order valence-electron chi connectivity index (χ0n) is 88.6. The Bertz CT molecular complexity index is 3860. The Balaban J connectivity index is 0.000000183. The zero-order valence-corrected chi connectivity index (χ0v) is 88.6. The SMILES string of the molecule is CC(=O)N1CCN(CC2CCN(C(=O)CC(C)(C)C)CC2)CC1.CC(C)(C)CC(=O)N1CCC(N2CCO[C@H](CO)C2)CC1.CC(C)(C)CC(=O)N1CCC(N2CCn3nccc3C2)CC1.CC(C)(C)Cc1cn(C2CCN(C3CCOCC3)CC2)nn1.COC(=O)N1CCN(CC2CCN(C(=O)CC(C)C)CC2)CC1.COCC(=O)N1CCN(CC2CCN(C(=O)CC(C)(C)C)CC2)CC1. The predicted molar refractivity (Wildman–Crippen MR) is 535 cm³/mol. The second-order valence-corrected chi connectivity index (χ2v) is 47.6. The van der Waals surface area contributed by atoms with Crippen LogP contribution in [-0.2, 0) is 72.0 Å². The van der Waals surface area contributed by atoms with E-state index in [0.29, 0.717) is 104 Å². The Hall–Kier alpha value is -6.49.